The maximum Gasteiger partial charge on any atom is 0.314 e. The minimum Gasteiger partial charge on any atom is -0.338 e. The Kier molecular flexibility index (Phi) is 5.11. The molecule has 0 radical (unpaired) electrons. The monoisotopic (exact) mass is 322 g/mol. The number of fused-ring (bicyclic) bond motifs is 1. The molecular weight excluding hydrogens is 300 g/mol. The molecule has 5 heteroatoms. The summed E-state index contributed by atoms with van der Waals surface area (Å²) in [4.78, 5) is 16.4. The lowest BCUT2D eigenvalue weighted by atomic mass is 10.1. The molecule has 0 aliphatic heterocycles. The van der Waals surface area contributed by atoms with E-state index in [1.807, 2.05) is 43.3 Å². The number of hydrogen-bond acceptors (Lipinski definition) is 2. The quantitative estimate of drug-likeness (QED) is 0.733. The van der Waals surface area contributed by atoms with Crippen LogP contribution in [0.25, 0.3) is 11.0 Å². The van der Waals surface area contributed by atoms with E-state index >= 15 is 0 Å². The van der Waals surface area contributed by atoms with Gasteiger partial charge in [0.25, 0.3) is 0 Å². The van der Waals surface area contributed by atoms with E-state index in [4.69, 9.17) is 0 Å². The highest BCUT2D eigenvalue weighted by Crippen LogP contribution is 2.14. The number of carbonyl (C=O) groups is 1. The highest BCUT2D eigenvalue weighted by atomic mass is 16.2. The lowest BCUT2D eigenvalue weighted by Gasteiger charge is -2.10. The fourth-order valence-corrected chi connectivity index (χ4v) is 2.79. The zero-order valence-electron chi connectivity index (χ0n) is 13.8. The molecule has 1 aromatic heterocycles. The van der Waals surface area contributed by atoms with Gasteiger partial charge in [-0.1, -0.05) is 42.5 Å². The lowest BCUT2D eigenvalue weighted by Crippen LogP contribution is -2.38. The lowest BCUT2D eigenvalue weighted by molar-refractivity contribution is 0.240. The summed E-state index contributed by atoms with van der Waals surface area (Å²) in [5.41, 5.74) is 3.31. The molecule has 0 spiro atoms. The number of aryl methyl sites for hydroxylation is 1. The largest absolute Gasteiger partial charge is 0.338 e. The highest BCUT2D eigenvalue weighted by molar-refractivity contribution is 5.76. The Morgan fingerprint density at radius 1 is 1.00 bits per heavy atom. The van der Waals surface area contributed by atoms with Gasteiger partial charge in [0.1, 0.15) is 5.82 Å². The molecule has 5 nitrogen and oxygen atoms in total. The zero-order valence-corrected chi connectivity index (χ0v) is 13.8. The van der Waals surface area contributed by atoms with Gasteiger partial charge in [-0.3, -0.25) is 0 Å². The van der Waals surface area contributed by atoms with Crippen LogP contribution in [-0.4, -0.2) is 28.7 Å². The van der Waals surface area contributed by atoms with Crippen LogP contribution in [0.1, 0.15) is 11.4 Å². The average Bonchev–Trinajstić information content (AvgIpc) is 2.92. The fraction of sp³-hybridized carbons (Fsp3) is 0.263. The number of urea groups is 1. The van der Waals surface area contributed by atoms with Gasteiger partial charge in [0, 0.05) is 19.6 Å². The Morgan fingerprint density at radius 2 is 1.71 bits per heavy atom. The van der Waals surface area contributed by atoms with Gasteiger partial charge in [-0.25, -0.2) is 9.78 Å². The van der Waals surface area contributed by atoms with Crippen LogP contribution in [0.2, 0.25) is 0 Å². The smallest absolute Gasteiger partial charge is 0.314 e. The summed E-state index contributed by atoms with van der Waals surface area (Å²) in [5, 5.41) is 5.79. The summed E-state index contributed by atoms with van der Waals surface area (Å²) in [5.74, 6) is 0.961. The van der Waals surface area contributed by atoms with Gasteiger partial charge < -0.3 is 15.2 Å². The molecule has 24 heavy (non-hydrogen) atoms. The number of benzene rings is 2. The molecule has 0 aliphatic rings. The van der Waals surface area contributed by atoms with Crippen LogP contribution in [0.15, 0.2) is 54.6 Å². The van der Waals surface area contributed by atoms with E-state index in [0.717, 1.165) is 23.3 Å². The molecule has 2 N–H and O–H groups in total. The number of amides is 2. The minimum absolute atomic E-state index is 0.131. The molecule has 2 aromatic carbocycles. The van der Waals surface area contributed by atoms with Crippen LogP contribution in [0.4, 0.5) is 4.79 Å². The molecule has 0 fully saturated rings. The number of aromatic nitrogens is 2. The summed E-state index contributed by atoms with van der Waals surface area (Å²) in [7, 11) is 0. The molecule has 3 rings (SSSR count). The molecule has 0 unspecified atom stereocenters. The van der Waals surface area contributed by atoms with Gasteiger partial charge in [-0.05, 0) is 31.0 Å². The summed E-state index contributed by atoms with van der Waals surface area (Å²) < 4.78 is 2.12. The van der Waals surface area contributed by atoms with Crippen LogP contribution in [0, 0.1) is 6.92 Å². The van der Waals surface area contributed by atoms with E-state index in [1.54, 1.807) is 0 Å². The van der Waals surface area contributed by atoms with Crippen molar-refractivity contribution in [1.29, 1.82) is 0 Å². The van der Waals surface area contributed by atoms with Crippen molar-refractivity contribution in [3.8, 4) is 0 Å². The van der Waals surface area contributed by atoms with Gasteiger partial charge in [0.2, 0.25) is 0 Å². The number of hydrogen-bond donors (Lipinski definition) is 2. The maximum absolute atomic E-state index is 11.9. The highest BCUT2D eigenvalue weighted by Gasteiger charge is 2.06. The molecule has 0 atom stereocenters. The van der Waals surface area contributed by atoms with Crippen LogP contribution < -0.4 is 10.6 Å². The Bertz CT molecular complexity index is 811. The molecule has 2 amide bonds. The van der Waals surface area contributed by atoms with Crippen LogP contribution in [-0.2, 0) is 13.0 Å². The summed E-state index contributed by atoms with van der Waals surface area (Å²) in [6.45, 7) is 3.89. The van der Waals surface area contributed by atoms with E-state index in [2.05, 4.69) is 38.4 Å². The Balaban J connectivity index is 1.44. The summed E-state index contributed by atoms with van der Waals surface area (Å²) in [6, 6.07) is 18.0. The number of carbonyl (C=O) groups excluding carboxylic acids is 1. The molecule has 0 bridgehead atoms. The SMILES string of the molecule is Cc1nc2ccccc2n1CCNC(=O)NCCc1ccccc1. The third-order valence-electron chi connectivity index (χ3n) is 4.01. The summed E-state index contributed by atoms with van der Waals surface area (Å²) >= 11 is 0. The Labute approximate surface area is 141 Å². The van der Waals surface area contributed by atoms with E-state index in [-0.39, 0.29) is 6.03 Å². The molecule has 124 valence electrons. The van der Waals surface area contributed by atoms with E-state index in [1.165, 1.54) is 5.56 Å². The van der Waals surface area contributed by atoms with Crippen molar-refractivity contribution in [1.82, 2.24) is 20.2 Å². The second-order valence-corrected chi connectivity index (χ2v) is 5.72. The van der Waals surface area contributed by atoms with Gasteiger partial charge in [-0.2, -0.15) is 0 Å². The second-order valence-electron chi connectivity index (χ2n) is 5.72. The van der Waals surface area contributed by atoms with Crippen molar-refractivity contribution in [2.75, 3.05) is 13.1 Å². The molecule has 3 aromatic rings. The van der Waals surface area contributed by atoms with Crippen molar-refractivity contribution in [2.24, 2.45) is 0 Å². The third-order valence-corrected chi connectivity index (χ3v) is 4.01. The Hall–Kier alpha value is -2.82. The van der Waals surface area contributed by atoms with E-state index in [0.29, 0.717) is 19.6 Å². The van der Waals surface area contributed by atoms with Crippen molar-refractivity contribution >= 4 is 17.1 Å². The first-order valence-electron chi connectivity index (χ1n) is 8.21. The standard InChI is InChI=1S/C19H22N4O/c1-15-22-17-9-5-6-10-18(17)23(15)14-13-21-19(24)20-12-11-16-7-3-2-4-8-16/h2-10H,11-14H2,1H3,(H2,20,21,24). The van der Waals surface area contributed by atoms with Crippen molar-refractivity contribution in [3.63, 3.8) is 0 Å². The van der Waals surface area contributed by atoms with Gasteiger partial charge >= 0.3 is 6.03 Å². The average molecular weight is 322 g/mol. The predicted molar refractivity (Wildman–Crippen MR) is 96.0 cm³/mol. The minimum atomic E-state index is -0.131. The number of para-hydroxylation sites is 2. The molecule has 0 saturated heterocycles. The van der Waals surface area contributed by atoms with Crippen molar-refractivity contribution < 1.29 is 4.79 Å². The van der Waals surface area contributed by atoms with E-state index < -0.39 is 0 Å². The summed E-state index contributed by atoms with van der Waals surface area (Å²) in [6.07, 6.45) is 0.833. The first-order valence-corrected chi connectivity index (χ1v) is 8.21. The maximum atomic E-state index is 11.9. The molecular formula is C19H22N4O. The number of nitrogens with zero attached hydrogens (tertiary/aromatic N) is 2. The topological polar surface area (TPSA) is 59.0 Å². The first kappa shape index (κ1) is 16.1. The number of nitrogens with one attached hydrogen (secondary N) is 2. The van der Waals surface area contributed by atoms with Gasteiger partial charge in [-0.15, -0.1) is 0 Å². The molecule has 0 aliphatic carbocycles. The normalized spacial score (nSPS) is 10.7. The first-order chi connectivity index (χ1) is 11.7. The van der Waals surface area contributed by atoms with Crippen LogP contribution in [0.5, 0.6) is 0 Å². The third kappa shape index (κ3) is 3.93. The second kappa shape index (κ2) is 7.64. The zero-order chi connectivity index (χ0) is 16.8. The van der Waals surface area contributed by atoms with Crippen molar-refractivity contribution in [3.05, 3.63) is 66.0 Å². The predicted octanol–water partition coefficient (Wildman–Crippen LogP) is 2.89. The van der Waals surface area contributed by atoms with Crippen LogP contribution >= 0.6 is 0 Å². The van der Waals surface area contributed by atoms with Crippen LogP contribution in [0.3, 0.4) is 0 Å². The van der Waals surface area contributed by atoms with Gasteiger partial charge in [0.05, 0.1) is 11.0 Å². The Morgan fingerprint density at radius 3 is 2.54 bits per heavy atom. The molecule has 1 heterocycles. The number of rotatable bonds is 6. The van der Waals surface area contributed by atoms with Crippen molar-refractivity contribution in [2.45, 2.75) is 19.9 Å². The molecule has 0 saturated carbocycles. The van der Waals surface area contributed by atoms with Gasteiger partial charge in [0.15, 0.2) is 0 Å². The fourth-order valence-electron chi connectivity index (χ4n) is 2.79. The number of imidazole rings is 1. The van der Waals surface area contributed by atoms with E-state index in [9.17, 15) is 4.79 Å².